The molecule has 1 heterocycles. The van der Waals surface area contributed by atoms with E-state index < -0.39 is 0 Å². The number of hydrogen-bond acceptors (Lipinski definition) is 2. The lowest BCUT2D eigenvalue weighted by Gasteiger charge is -2.47. The predicted octanol–water partition coefficient (Wildman–Crippen LogP) is 0.995. The maximum absolute atomic E-state index is 11.4. The van der Waals surface area contributed by atoms with Gasteiger partial charge in [-0.1, -0.05) is 0 Å². The van der Waals surface area contributed by atoms with Crippen LogP contribution in [0.15, 0.2) is 0 Å². The number of likely N-dealkylation sites (tertiary alicyclic amines) is 1. The molecule has 1 saturated heterocycles. The molecule has 0 radical (unpaired) electrons. The minimum atomic E-state index is 0.251. The quantitative estimate of drug-likeness (QED) is 0.714. The molecule has 2 aliphatic rings. The number of hydrogen-bond donors (Lipinski definition) is 1. The van der Waals surface area contributed by atoms with Crippen LogP contribution in [0.1, 0.15) is 33.6 Å². The van der Waals surface area contributed by atoms with Crippen molar-refractivity contribution < 1.29 is 4.79 Å². The summed E-state index contributed by atoms with van der Waals surface area (Å²) >= 11 is 0. The molecule has 3 heteroatoms. The summed E-state index contributed by atoms with van der Waals surface area (Å²) in [7, 11) is 0. The van der Waals surface area contributed by atoms with Gasteiger partial charge in [0, 0.05) is 24.5 Å². The Morgan fingerprint density at radius 2 is 1.86 bits per heavy atom. The molecule has 1 aliphatic carbocycles. The normalized spacial score (nSPS) is 24.5. The Morgan fingerprint density at radius 1 is 1.29 bits per heavy atom. The highest BCUT2D eigenvalue weighted by atomic mass is 16.2. The Labute approximate surface area is 85.8 Å². The Bertz CT molecular complexity index is 234. The molecule has 0 bridgehead atoms. The number of nitrogens with one attached hydrogen (secondary N) is 1. The van der Waals surface area contributed by atoms with Crippen molar-refractivity contribution in [1.82, 2.24) is 10.2 Å². The zero-order valence-corrected chi connectivity index (χ0v) is 9.34. The summed E-state index contributed by atoms with van der Waals surface area (Å²) < 4.78 is 0. The van der Waals surface area contributed by atoms with E-state index in [1.165, 1.54) is 0 Å². The number of amides is 1. The van der Waals surface area contributed by atoms with Gasteiger partial charge in [-0.15, -0.1) is 0 Å². The summed E-state index contributed by atoms with van der Waals surface area (Å²) in [5.41, 5.74) is 0.251. The van der Waals surface area contributed by atoms with Gasteiger partial charge in [0.15, 0.2) is 0 Å². The first-order chi connectivity index (χ1) is 6.47. The molecule has 0 spiro atoms. The van der Waals surface area contributed by atoms with Gasteiger partial charge in [-0.3, -0.25) is 9.69 Å². The number of nitrogens with zero attached hydrogens (tertiary/aromatic N) is 1. The predicted molar refractivity (Wildman–Crippen MR) is 56.0 cm³/mol. The first-order valence-electron chi connectivity index (χ1n) is 5.52. The Morgan fingerprint density at radius 3 is 2.29 bits per heavy atom. The molecule has 3 nitrogen and oxygen atoms in total. The molecular weight excluding hydrogens is 176 g/mol. The van der Waals surface area contributed by atoms with E-state index in [9.17, 15) is 4.79 Å². The van der Waals surface area contributed by atoms with Gasteiger partial charge in [-0.25, -0.2) is 0 Å². The molecule has 0 aromatic carbocycles. The first kappa shape index (κ1) is 9.97. The summed E-state index contributed by atoms with van der Waals surface area (Å²) in [5, 5.41) is 3.10. The summed E-state index contributed by atoms with van der Waals surface area (Å²) in [6.07, 6.45) is 2.20. The van der Waals surface area contributed by atoms with E-state index in [-0.39, 0.29) is 11.4 Å². The minimum absolute atomic E-state index is 0.251. The average molecular weight is 196 g/mol. The molecule has 2 rings (SSSR count). The summed E-state index contributed by atoms with van der Waals surface area (Å²) in [6.45, 7) is 8.67. The van der Waals surface area contributed by atoms with Gasteiger partial charge in [0.05, 0.1) is 6.04 Å². The van der Waals surface area contributed by atoms with Gasteiger partial charge in [0.2, 0.25) is 5.91 Å². The second kappa shape index (κ2) is 3.23. The molecule has 0 aromatic heterocycles. The molecule has 0 unspecified atom stereocenters. The molecule has 0 aromatic rings. The SMILES string of the molecule is CC(C)(C)N1CC(NC(=O)C2CC2)C1. The molecule has 1 aliphatic heterocycles. The second-order valence-corrected chi connectivity index (χ2v) is 5.56. The van der Waals surface area contributed by atoms with Crippen molar-refractivity contribution in [2.45, 2.75) is 45.2 Å². The van der Waals surface area contributed by atoms with Crippen molar-refractivity contribution in [1.29, 1.82) is 0 Å². The average Bonchev–Trinajstić information content (AvgIpc) is 2.73. The third-order valence-corrected chi connectivity index (χ3v) is 3.12. The van der Waals surface area contributed by atoms with Crippen LogP contribution in [0.2, 0.25) is 0 Å². The van der Waals surface area contributed by atoms with E-state index >= 15 is 0 Å². The fourth-order valence-corrected chi connectivity index (χ4v) is 1.78. The molecule has 14 heavy (non-hydrogen) atoms. The van der Waals surface area contributed by atoms with Crippen LogP contribution in [-0.4, -0.2) is 35.5 Å². The van der Waals surface area contributed by atoms with Crippen LogP contribution in [0.4, 0.5) is 0 Å². The topological polar surface area (TPSA) is 32.3 Å². The zero-order valence-electron chi connectivity index (χ0n) is 9.34. The highest BCUT2D eigenvalue weighted by molar-refractivity contribution is 5.81. The Kier molecular flexibility index (Phi) is 2.30. The van der Waals surface area contributed by atoms with Crippen molar-refractivity contribution >= 4 is 5.91 Å². The standard InChI is InChI=1S/C11H20N2O/c1-11(2,3)13-6-9(7-13)12-10(14)8-4-5-8/h8-9H,4-7H2,1-3H3,(H,12,14). The molecule has 0 atom stereocenters. The van der Waals surface area contributed by atoms with E-state index in [2.05, 4.69) is 31.0 Å². The monoisotopic (exact) mass is 196 g/mol. The third-order valence-electron chi connectivity index (χ3n) is 3.12. The van der Waals surface area contributed by atoms with E-state index in [4.69, 9.17) is 0 Å². The molecule has 1 amide bonds. The maximum atomic E-state index is 11.4. The van der Waals surface area contributed by atoms with Crippen molar-refractivity contribution in [3.63, 3.8) is 0 Å². The summed E-state index contributed by atoms with van der Waals surface area (Å²) in [5.74, 6) is 0.627. The summed E-state index contributed by atoms with van der Waals surface area (Å²) in [6, 6.07) is 0.405. The van der Waals surface area contributed by atoms with Gasteiger partial charge >= 0.3 is 0 Å². The molecule has 2 fully saturated rings. The van der Waals surface area contributed by atoms with Crippen molar-refractivity contribution in [3.05, 3.63) is 0 Å². The van der Waals surface area contributed by atoms with Gasteiger partial charge in [-0.2, -0.15) is 0 Å². The largest absolute Gasteiger partial charge is 0.351 e. The van der Waals surface area contributed by atoms with Crippen LogP contribution in [0, 0.1) is 5.92 Å². The Balaban J connectivity index is 1.70. The Hall–Kier alpha value is -0.570. The van der Waals surface area contributed by atoms with Gasteiger partial charge in [0.25, 0.3) is 0 Å². The lowest BCUT2D eigenvalue weighted by molar-refractivity contribution is -0.124. The number of carbonyl (C=O) groups excluding carboxylic acids is 1. The molecule has 1 saturated carbocycles. The van der Waals surface area contributed by atoms with Crippen LogP contribution >= 0.6 is 0 Å². The van der Waals surface area contributed by atoms with Crippen molar-refractivity contribution in [2.24, 2.45) is 5.92 Å². The maximum Gasteiger partial charge on any atom is 0.223 e. The molecule has 80 valence electrons. The van der Waals surface area contributed by atoms with Crippen LogP contribution in [-0.2, 0) is 4.79 Å². The molecule has 1 N–H and O–H groups in total. The van der Waals surface area contributed by atoms with Gasteiger partial charge in [-0.05, 0) is 33.6 Å². The lowest BCUT2D eigenvalue weighted by Crippen LogP contribution is -2.64. The highest BCUT2D eigenvalue weighted by Gasteiger charge is 2.37. The van der Waals surface area contributed by atoms with Gasteiger partial charge in [0.1, 0.15) is 0 Å². The van der Waals surface area contributed by atoms with E-state index in [0.29, 0.717) is 12.0 Å². The first-order valence-corrected chi connectivity index (χ1v) is 5.52. The fourth-order valence-electron chi connectivity index (χ4n) is 1.78. The van der Waals surface area contributed by atoms with E-state index in [0.717, 1.165) is 25.9 Å². The molecular formula is C11H20N2O. The van der Waals surface area contributed by atoms with E-state index in [1.54, 1.807) is 0 Å². The van der Waals surface area contributed by atoms with Crippen molar-refractivity contribution in [2.75, 3.05) is 13.1 Å². The number of rotatable bonds is 2. The second-order valence-electron chi connectivity index (χ2n) is 5.56. The third kappa shape index (κ3) is 2.08. The van der Waals surface area contributed by atoms with Crippen molar-refractivity contribution in [3.8, 4) is 0 Å². The van der Waals surface area contributed by atoms with Crippen LogP contribution in [0.3, 0.4) is 0 Å². The van der Waals surface area contributed by atoms with Crippen LogP contribution in [0.5, 0.6) is 0 Å². The fraction of sp³-hybridized carbons (Fsp3) is 0.909. The van der Waals surface area contributed by atoms with Gasteiger partial charge < -0.3 is 5.32 Å². The minimum Gasteiger partial charge on any atom is -0.351 e. The number of carbonyl (C=O) groups is 1. The summed E-state index contributed by atoms with van der Waals surface area (Å²) in [4.78, 5) is 13.8. The highest BCUT2D eigenvalue weighted by Crippen LogP contribution is 2.29. The smallest absolute Gasteiger partial charge is 0.223 e. The van der Waals surface area contributed by atoms with Crippen LogP contribution in [0.25, 0.3) is 0 Å². The van der Waals surface area contributed by atoms with E-state index in [1.807, 2.05) is 0 Å². The lowest BCUT2D eigenvalue weighted by atomic mass is 9.97. The zero-order chi connectivity index (χ0) is 10.3. The van der Waals surface area contributed by atoms with Crippen LogP contribution < -0.4 is 5.32 Å².